The Morgan fingerprint density at radius 2 is 1.33 bits per heavy atom. The zero-order valence-corrected chi connectivity index (χ0v) is 28.9. The second kappa shape index (κ2) is 17.5. The SMILES string of the molecule is CO[Si](O)(O)CCC[N+]1(C)CCCC1c1ccccn1.CO[Si](O)(O)CCC[N+]1(C)CCCC1c1cccnc1.[Cl-].[Cl-]. The Morgan fingerprint density at radius 3 is 1.81 bits per heavy atom. The van der Waals surface area contributed by atoms with Crippen LogP contribution in [0.5, 0.6) is 0 Å². The van der Waals surface area contributed by atoms with Gasteiger partial charge in [0.1, 0.15) is 12.1 Å². The Balaban J connectivity index is 0.000000401. The van der Waals surface area contributed by atoms with Gasteiger partial charge in [-0.1, -0.05) is 12.1 Å². The first-order chi connectivity index (χ1) is 18.9. The highest BCUT2D eigenvalue weighted by Crippen LogP contribution is 2.38. The standard InChI is InChI=1S/2C14H25N2O3Si.2ClH/c1-16(10-5-11-20(17,18)19-2)9-4-7-14(16)13-6-3-8-15-12-13;1-16(11-6-12-20(17,18)19-2)10-5-8-14(16)13-7-3-4-9-15-13;;/h3,6,8,12,14,17-18H,4-5,7,9-11H2,1-2H3;3-4,7,9,14,17-18H,5-6,8,10-12H2,1-2H3;2*1H/q2*+1;;/p-2. The normalized spacial score (nSPS) is 25.6. The van der Waals surface area contributed by atoms with Crippen molar-refractivity contribution in [3.8, 4) is 0 Å². The van der Waals surface area contributed by atoms with Crippen molar-refractivity contribution in [3.63, 3.8) is 0 Å². The fourth-order valence-corrected chi connectivity index (χ4v) is 8.09. The molecule has 0 saturated carbocycles. The molecule has 4 atom stereocenters. The maximum Gasteiger partial charge on any atom is 0.495 e. The molecule has 4 N–H and O–H groups in total. The summed E-state index contributed by atoms with van der Waals surface area (Å²) in [6.07, 6.45) is 11.9. The Labute approximate surface area is 266 Å². The maximum atomic E-state index is 9.62. The summed E-state index contributed by atoms with van der Waals surface area (Å²) in [5.41, 5.74) is 2.44. The second-order valence-corrected chi connectivity index (χ2v) is 16.6. The summed E-state index contributed by atoms with van der Waals surface area (Å²) in [4.78, 5) is 47.2. The van der Waals surface area contributed by atoms with E-state index in [9.17, 15) is 19.2 Å². The van der Waals surface area contributed by atoms with Crippen molar-refractivity contribution in [1.29, 1.82) is 0 Å². The summed E-state index contributed by atoms with van der Waals surface area (Å²) in [6, 6.07) is 11.8. The quantitative estimate of drug-likeness (QED) is 0.137. The summed E-state index contributed by atoms with van der Waals surface area (Å²) in [5, 5.41) is 0. The number of nitrogens with zero attached hydrogens (tertiary/aromatic N) is 4. The third-order valence-electron chi connectivity index (χ3n) is 8.89. The summed E-state index contributed by atoms with van der Waals surface area (Å²) < 4.78 is 11.5. The molecule has 4 heterocycles. The van der Waals surface area contributed by atoms with Gasteiger partial charge in [-0.15, -0.1) is 0 Å². The van der Waals surface area contributed by atoms with Crippen LogP contribution in [0, 0.1) is 0 Å². The lowest BCUT2D eigenvalue weighted by atomic mass is 10.1. The summed E-state index contributed by atoms with van der Waals surface area (Å²) >= 11 is 0. The van der Waals surface area contributed by atoms with E-state index in [1.807, 2.05) is 30.6 Å². The molecule has 2 fully saturated rings. The molecule has 0 bridgehead atoms. The molecule has 2 aliphatic heterocycles. The van der Waals surface area contributed by atoms with E-state index in [0.717, 1.165) is 60.1 Å². The molecule has 42 heavy (non-hydrogen) atoms. The van der Waals surface area contributed by atoms with Crippen LogP contribution in [0.15, 0.2) is 48.9 Å². The van der Waals surface area contributed by atoms with Crippen molar-refractivity contribution >= 4 is 17.6 Å². The Kier molecular flexibility index (Phi) is 16.2. The van der Waals surface area contributed by atoms with Gasteiger partial charge in [0.15, 0.2) is 0 Å². The van der Waals surface area contributed by atoms with Crippen LogP contribution in [0.3, 0.4) is 0 Å². The van der Waals surface area contributed by atoms with E-state index in [4.69, 9.17) is 8.85 Å². The molecule has 0 radical (unpaired) electrons. The molecular formula is C28H50Cl2N4O6Si2. The molecule has 240 valence electrons. The van der Waals surface area contributed by atoms with Crippen LogP contribution in [-0.4, -0.2) is 110 Å². The highest BCUT2D eigenvalue weighted by molar-refractivity contribution is 6.57. The highest BCUT2D eigenvalue weighted by atomic mass is 35.5. The molecule has 2 aromatic heterocycles. The average Bonchev–Trinajstić information content (AvgIpc) is 3.52. The molecule has 14 heteroatoms. The second-order valence-electron chi connectivity index (χ2n) is 11.8. The Hall–Kier alpha value is -1.01. The number of halogens is 2. The van der Waals surface area contributed by atoms with Crippen LogP contribution in [0.2, 0.25) is 12.1 Å². The summed E-state index contributed by atoms with van der Waals surface area (Å²) in [5.74, 6) is 0. The van der Waals surface area contributed by atoms with Gasteiger partial charge in [-0.2, -0.15) is 0 Å². The molecule has 0 aromatic carbocycles. The lowest BCUT2D eigenvalue weighted by Gasteiger charge is -2.36. The minimum absolute atomic E-state index is 0. The fraction of sp³-hybridized carbons (Fsp3) is 0.643. The van der Waals surface area contributed by atoms with Gasteiger partial charge < -0.3 is 61.8 Å². The molecule has 10 nitrogen and oxygen atoms in total. The van der Waals surface area contributed by atoms with E-state index in [1.54, 1.807) is 6.20 Å². The van der Waals surface area contributed by atoms with E-state index in [2.05, 4.69) is 36.2 Å². The smallest absolute Gasteiger partial charge is 0.495 e. The third kappa shape index (κ3) is 11.2. The van der Waals surface area contributed by atoms with Gasteiger partial charge >= 0.3 is 17.6 Å². The topological polar surface area (TPSA) is 125 Å². The van der Waals surface area contributed by atoms with Gasteiger partial charge in [0, 0.05) is 89.0 Å². The number of rotatable bonds is 12. The van der Waals surface area contributed by atoms with Gasteiger partial charge in [0.25, 0.3) is 0 Å². The number of likely N-dealkylation sites (tertiary alicyclic amines) is 2. The predicted octanol–water partition coefficient (Wildman–Crippen LogP) is -3.35. The van der Waals surface area contributed by atoms with Crippen molar-refractivity contribution in [2.45, 2.75) is 62.7 Å². The van der Waals surface area contributed by atoms with E-state index < -0.39 is 17.6 Å². The zero-order chi connectivity index (χ0) is 29.3. The molecule has 0 spiro atoms. The van der Waals surface area contributed by atoms with Crippen molar-refractivity contribution in [2.24, 2.45) is 0 Å². The van der Waals surface area contributed by atoms with Crippen LogP contribution >= 0.6 is 0 Å². The fourth-order valence-electron chi connectivity index (χ4n) is 6.45. The van der Waals surface area contributed by atoms with Crippen LogP contribution < -0.4 is 24.8 Å². The van der Waals surface area contributed by atoms with Crippen molar-refractivity contribution in [2.75, 3.05) is 54.5 Å². The lowest BCUT2D eigenvalue weighted by Crippen LogP contribution is -3.00. The first-order valence-electron chi connectivity index (χ1n) is 14.4. The van der Waals surface area contributed by atoms with Crippen LogP contribution in [0.1, 0.15) is 61.9 Å². The molecule has 2 aliphatic rings. The average molecular weight is 666 g/mol. The molecule has 4 unspecified atom stereocenters. The zero-order valence-electron chi connectivity index (χ0n) is 25.4. The minimum Gasteiger partial charge on any atom is -1.00 e. The highest BCUT2D eigenvalue weighted by Gasteiger charge is 2.41. The molecular weight excluding hydrogens is 615 g/mol. The van der Waals surface area contributed by atoms with Gasteiger partial charge in [0.2, 0.25) is 0 Å². The number of quaternary nitrogens is 2. The molecule has 2 saturated heterocycles. The number of hydrogen-bond donors (Lipinski definition) is 4. The van der Waals surface area contributed by atoms with Crippen LogP contribution in [0.25, 0.3) is 0 Å². The lowest BCUT2D eigenvalue weighted by molar-refractivity contribution is -0.927. The first-order valence-corrected chi connectivity index (χ1v) is 18.4. The minimum atomic E-state index is -3.41. The Bertz CT molecular complexity index is 952. The van der Waals surface area contributed by atoms with Gasteiger partial charge in [-0.3, -0.25) is 9.97 Å². The van der Waals surface area contributed by atoms with Gasteiger partial charge in [-0.25, -0.2) is 0 Å². The van der Waals surface area contributed by atoms with E-state index in [-0.39, 0.29) is 24.8 Å². The van der Waals surface area contributed by atoms with Gasteiger partial charge in [0.05, 0.1) is 46.0 Å². The predicted molar refractivity (Wildman–Crippen MR) is 158 cm³/mol. The van der Waals surface area contributed by atoms with Crippen LogP contribution in [-0.2, 0) is 8.85 Å². The summed E-state index contributed by atoms with van der Waals surface area (Å²) in [7, 11) is 0.434. The Morgan fingerprint density at radius 1 is 0.786 bits per heavy atom. The largest absolute Gasteiger partial charge is 1.00 e. The van der Waals surface area contributed by atoms with E-state index in [1.165, 1.54) is 39.0 Å². The maximum absolute atomic E-state index is 9.62. The number of aromatic nitrogens is 2. The number of hydrogen-bond acceptors (Lipinski definition) is 8. The van der Waals surface area contributed by atoms with Crippen molar-refractivity contribution in [3.05, 3.63) is 60.2 Å². The molecule has 0 aliphatic carbocycles. The molecule has 0 amide bonds. The van der Waals surface area contributed by atoms with Crippen LogP contribution in [0.4, 0.5) is 0 Å². The van der Waals surface area contributed by atoms with E-state index >= 15 is 0 Å². The van der Waals surface area contributed by atoms with Crippen molar-refractivity contribution < 1.29 is 61.8 Å². The molecule has 4 rings (SSSR count). The number of pyridine rings is 2. The third-order valence-corrected chi connectivity index (χ3v) is 12.2. The monoisotopic (exact) mass is 664 g/mol. The van der Waals surface area contributed by atoms with Gasteiger partial charge in [-0.05, 0) is 18.2 Å². The summed E-state index contributed by atoms with van der Waals surface area (Å²) in [6.45, 7) is 4.14. The van der Waals surface area contributed by atoms with Crippen molar-refractivity contribution in [1.82, 2.24) is 9.97 Å². The van der Waals surface area contributed by atoms with E-state index in [0.29, 0.717) is 24.2 Å². The first kappa shape index (κ1) is 39.0. The molecule has 2 aromatic rings.